The van der Waals surface area contributed by atoms with Gasteiger partial charge < -0.3 is 18.9 Å². The largest absolute Gasteiger partial charge is 0.494 e. The van der Waals surface area contributed by atoms with Crippen molar-refractivity contribution in [2.45, 2.75) is 6.92 Å². The summed E-state index contributed by atoms with van der Waals surface area (Å²) in [5.41, 5.74) is 0. The van der Waals surface area contributed by atoms with Crippen LogP contribution in [0.15, 0.2) is 11.7 Å². The van der Waals surface area contributed by atoms with Crippen molar-refractivity contribution in [3.05, 3.63) is 11.7 Å². The molecule has 0 saturated carbocycles. The molecule has 0 atom stereocenters. The van der Waals surface area contributed by atoms with E-state index in [1.54, 1.807) is 14.0 Å². The second-order valence-corrected chi connectivity index (χ2v) is 1.80. The lowest BCUT2D eigenvalue weighted by molar-refractivity contribution is -0.0559. The van der Waals surface area contributed by atoms with Crippen molar-refractivity contribution in [2.24, 2.45) is 0 Å². The Morgan fingerprint density at radius 2 is 1.73 bits per heavy atom. The Morgan fingerprint density at radius 3 is 2.09 bits per heavy atom. The maximum absolute atomic E-state index is 5.00. The van der Waals surface area contributed by atoms with Gasteiger partial charge in [-0.1, -0.05) is 0 Å². The van der Waals surface area contributed by atoms with Crippen LogP contribution in [-0.2, 0) is 18.9 Å². The lowest BCUT2D eigenvalue weighted by atomic mass is 10.6. The molecule has 4 heteroatoms. The second kappa shape index (κ2) is 5.85. The highest BCUT2D eigenvalue weighted by atomic mass is 16.7. The zero-order valence-electron chi connectivity index (χ0n) is 7.34. The molecular formula is C7H14O4. The molecule has 0 spiro atoms. The molecule has 0 bridgehead atoms. The highest BCUT2D eigenvalue weighted by Crippen LogP contribution is 2.06. The molecular weight excluding hydrogens is 148 g/mol. The molecule has 0 radical (unpaired) electrons. The van der Waals surface area contributed by atoms with Crippen LogP contribution < -0.4 is 0 Å². The quantitative estimate of drug-likeness (QED) is 0.448. The van der Waals surface area contributed by atoms with Crippen molar-refractivity contribution >= 4 is 0 Å². The molecule has 0 fully saturated rings. The summed E-state index contributed by atoms with van der Waals surface area (Å²) in [5.74, 6) is 0.930. The van der Waals surface area contributed by atoms with Crippen LogP contribution in [0.2, 0.25) is 0 Å². The Morgan fingerprint density at radius 1 is 1.09 bits per heavy atom. The molecule has 0 amide bonds. The zero-order chi connectivity index (χ0) is 8.69. The highest BCUT2D eigenvalue weighted by Gasteiger charge is 2.02. The van der Waals surface area contributed by atoms with Gasteiger partial charge in [-0.3, -0.25) is 0 Å². The Hall–Kier alpha value is -0.900. The number of rotatable bonds is 5. The minimum Gasteiger partial charge on any atom is -0.494 e. The summed E-state index contributed by atoms with van der Waals surface area (Å²) in [6, 6.07) is 0. The fraction of sp³-hybridized carbons (Fsp3) is 0.714. The van der Waals surface area contributed by atoms with Crippen molar-refractivity contribution in [3.8, 4) is 0 Å². The molecule has 0 aliphatic rings. The predicted molar refractivity (Wildman–Crippen MR) is 39.7 cm³/mol. The van der Waals surface area contributed by atoms with Gasteiger partial charge >= 0.3 is 5.95 Å². The minimum atomic E-state index is 0.157. The number of methoxy groups -OCH3 is 3. The SMILES string of the molecule is COCOC(OC)=C(C)OC. The van der Waals surface area contributed by atoms with Crippen LogP contribution in [0, 0.1) is 0 Å². The lowest BCUT2D eigenvalue weighted by Gasteiger charge is -2.09. The molecule has 0 unspecified atom stereocenters. The normalized spacial score (nSPS) is 12.0. The Bertz CT molecular complexity index is 130. The first kappa shape index (κ1) is 10.1. The van der Waals surface area contributed by atoms with Crippen molar-refractivity contribution < 1.29 is 18.9 Å². The molecule has 66 valence electrons. The number of allylic oxidation sites excluding steroid dienone is 1. The summed E-state index contributed by atoms with van der Waals surface area (Å²) < 4.78 is 19.4. The van der Waals surface area contributed by atoms with E-state index >= 15 is 0 Å². The summed E-state index contributed by atoms with van der Waals surface area (Å²) in [6.45, 7) is 1.90. The van der Waals surface area contributed by atoms with Crippen molar-refractivity contribution in [1.82, 2.24) is 0 Å². The third-order valence-electron chi connectivity index (χ3n) is 1.09. The summed E-state index contributed by atoms with van der Waals surface area (Å²) in [5, 5.41) is 0. The average Bonchev–Trinajstić information content (AvgIpc) is 2.05. The topological polar surface area (TPSA) is 36.9 Å². The summed E-state index contributed by atoms with van der Waals surface area (Å²) in [6.07, 6.45) is 0. The van der Waals surface area contributed by atoms with E-state index in [4.69, 9.17) is 14.2 Å². The zero-order valence-corrected chi connectivity index (χ0v) is 7.34. The average molecular weight is 162 g/mol. The van der Waals surface area contributed by atoms with E-state index in [9.17, 15) is 0 Å². The van der Waals surface area contributed by atoms with Crippen LogP contribution >= 0.6 is 0 Å². The molecule has 0 N–H and O–H groups in total. The molecule has 0 aromatic carbocycles. The van der Waals surface area contributed by atoms with Crippen LogP contribution in [0.25, 0.3) is 0 Å². The summed E-state index contributed by atoms with van der Waals surface area (Å²) in [7, 11) is 4.59. The van der Waals surface area contributed by atoms with E-state index in [0.717, 1.165) is 0 Å². The number of ether oxygens (including phenoxy) is 4. The van der Waals surface area contributed by atoms with Gasteiger partial charge in [0.2, 0.25) is 0 Å². The van der Waals surface area contributed by atoms with Crippen LogP contribution in [-0.4, -0.2) is 28.1 Å². The van der Waals surface area contributed by atoms with Gasteiger partial charge in [-0.25, -0.2) is 0 Å². The van der Waals surface area contributed by atoms with Gasteiger partial charge in [0.15, 0.2) is 12.6 Å². The van der Waals surface area contributed by atoms with Gasteiger partial charge in [-0.15, -0.1) is 0 Å². The number of hydrogen-bond acceptors (Lipinski definition) is 4. The van der Waals surface area contributed by atoms with Crippen molar-refractivity contribution in [1.29, 1.82) is 0 Å². The third-order valence-corrected chi connectivity index (χ3v) is 1.09. The maximum atomic E-state index is 5.00. The van der Waals surface area contributed by atoms with Gasteiger partial charge in [0.1, 0.15) is 0 Å². The first-order chi connectivity index (χ1) is 5.26. The molecule has 0 aromatic rings. The van der Waals surface area contributed by atoms with Crippen molar-refractivity contribution in [2.75, 3.05) is 28.1 Å². The van der Waals surface area contributed by atoms with Crippen LogP contribution in [0.3, 0.4) is 0 Å². The Balaban J connectivity index is 3.92. The molecule has 0 heterocycles. The Kier molecular flexibility index (Phi) is 5.37. The molecule has 0 aliphatic carbocycles. The first-order valence-electron chi connectivity index (χ1n) is 3.16. The van der Waals surface area contributed by atoms with Gasteiger partial charge in [-0.05, 0) is 0 Å². The second-order valence-electron chi connectivity index (χ2n) is 1.80. The highest BCUT2D eigenvalue weighted by molar-refractivity contribution is 4.89. The lowest BCUT2D eigenvalue weighted by Crippen LogP contribution is -2.02. The van der Waals surface area contributed by atoms with Crippen LogP contribution in [0.1, 0.15) is 6.92 Å². The van der Waals surface area contributed by atoms with Gasteiger partial charge in [-0.2, -0.15) is 0 Å². The van der Waals surface area contributed by atoms with Gasteiger partial charge in [0.25, 0.3) is 0 Å². The van der Waals surface area contributed by atoms with E-state index in [1.807, 2.05) is 0 Å². The van der Waals surface area contributed by atoms with E-state index in [0.29, 0.717) is 11.7 Å². The molecule has 0 aromatic heterocycles. The van der Waals surface area contributed by atoms with Crippen LogP contribution in [0.4, 0.5) is 0 Å². The van der Waals surface area contributed by atoms with E-state index < -0.39 is 0 Å². The van der Waals surface area contributed by atoms with Crippen molar-refractivity contribution in [3.63, 3.8) is 0 Å². The maximum Gasteiger partial charge on any atom is 0.320 e. The van der Waals surface area contributed by atoms with Gasteiger partial charge in [0, 0.05) is 14.0 Å². The predicted octanol–water partition coefficient (Wildman–Crippen LogP) is 1.09. The molecule has 0 rings (SSSR count). The standard InChI is InChI=1S/C7H14O4/c1-6(9-3)7(10-4)11-5-8-2/h5H2,1-4H3. The van der Waals surface area contributed by atoms with E-state index in [1.165, 1.54) is 14.2 Å². The Labute approximate surface area is 66.7 Å². The number of hydrogen-bond donors (Lipinski definition) is 0. The summed E-state index contributed by atoms with van der Waals surface area (Å²) >= 11 is 0. The third kappa shape index (κ3) is 3.72. The van der Waals surface area contributed by atoms with Gasteiger partial charge in [0.05, 0.1) is 14.2 Å². The van der Waals surface area contributed by atoms with E-state index in [2.05, 4.69) is 4.74 Å². The monoisotopic (exact) mass is 162 g/mol. The fourth-order valence-electron chi connectivity index (χ4n) is 0.500. The smallest absolute Gasteiger partial charge is 0.320 e. The summed E-state index contributed by atoms with van der Waals surface area (Å²) in [4.78, 5) is 0. The molecule has 0 aliphatic heterocycles. The first-order valence-corrected chi connectivity index (χ1v) is 3.16. The van der Waals surface area contributed by atoms with E-state index in [-0.39, 0.29) is 6.79 Å². The molecule has 11 heavy (non-hydrogen) atoms. The van der Waals surface area contributed by atoms with Crippen LogP contribution in [0.5, 0.6) is 0 Å². The minimum absolute atomic E-state index is 0.157. The fourth-order valence-corrected chi connectivity index (χ4v) is 0.500. The molecule has 4 nitrogen and oxygen atoms in total. The molecule has 0 saturated heterocycles.